The smallest absolute Gasteiger partial charge is 0.239 e. The second-order valence-electron chi connectivity index (χ2n) is 5.95. The molecule has 7 heteroatoms. The lowest BCUT2D eigenvalue weighted by Gasteiger charge is -2.39. The normalized spacial score (nSPS) is 22.0. The summed E-state index contributed by atoms with van der Waals surface area (Å²) in [5.74, 6) is 0.173. The van der Waals surface area contributed by atoms with E-state index in [0.717, 1.165) is 24.2 Å². The van der Waals surface area contributed by atoms with Gasteiger partial charge in [-0.15, -0.1) is 0 Å². The van der Waals surface area contributed by atoms with Crippen molar-refractivity contribution in [1.82, 2.24) is 9.62 Å². The van der Waals surface area contributed by atoms with Crippen LogP contribution in [0.4, 0.5) is 0 Å². The van der Waals surface area contributed by atoms with Gasteiger partial charge >= 0.3 is 0 Å². The quantitative estimate of drug-likeness (QED) is 0.882. The molecule has 1 fully saturated rings. The Morgan fingerprint density at radius 3 is 2.70 bits per heavy atom. The highest BCUT2D eigenvalue weighted by Gasteiger charge is 2.34. The first-order chi connectivity index (χ1) is 10.9. The molecule has 2 rings (SSSR count). The van der Waals surface area contributed by atoms with Crippen LogP contribution < -0.4 is 9.46 Å². The molecule has 0 aromatic heterocycles. The van der Waals surface area contributed by atoms with Crippen molar-refractivity contribution in [3.05, 3.63) is 29.8 Å². The third kappa shape index (κ3) is 4.23. The van der Waals surface area contributed by atoms with E-state index in [1.807, 2.05) is 24.3 Å². The van der Waals surface area contributed by atoms with Gasteiger partial charge in [0.15, 0.2) is 0 Å². The molecule has 1 saturated heterocycles. The SMILES string of the molecule is CNS(=O)(=O)CC(=O)N1C[C@@H](C)CC[C@H]1c1ccccc1OC. The van der Waals surface area contributed by atoms with Crippen molar-refractivity contribution in [3.8, 4) is 5.75 Å². The molecule has 0 bridgehead atoms. The Bertz CT molecular complexity index is 660. The van der Waals surface area contributed by atoms with Crippen molar-refractivity contribution in [2.75, 3.05) is 26.5 Å². The largest absolute Gasteiger partial charge is 0.496 e. The second-order valence-corrected chi connectivity index (χ2v) is 7.88. The summed E-state index contributed by atoms with van der Waals surface area (Å²) in [4.78, 5) is 14.2. The molecule has 1 amide bonds. The van der Waals surface area contributed by atoms with Crippen LogP contribution >= 0.6 is 0 Å². The third-order valence-electron chi connectivity index (χ3n) is 4.26. The fraction of sp³-hybridized carbons (Fsp3) is 0.562. The number of methoxy groups -OCH3 is 1. The van der Waals surface area contributed by atoms with Crippen LogP contribution in [-0.2, 0) is 14.8 Å². The Hall–Kier alpha value is -1.60. The minimum absolute atomic E-state index is 0.151. The summed E-state index contributed by atoms with van der Waals surface area (Å²) in [6, 6.07) is 7.43. The summed E-state index contributed by atoms with van der Waals surface area (Å²) >= 11 is 0. The number of hydrogen-bond donors (Lipinski definition) is 1. The minimum atomic E-state index is -3.58. The van der Waals surface area contributed by atoms with E-state index in [2.05, 4.69) is 11.6 Å². The van der Waals surface area contributed by atoms with Crippen LogP contribution in [0.5, 0.6) is 5.75 Å². The van der Waals surface area contributed by atoms with Gasteiger partial charge in [-0.05, 0) is 31.9 Å². The molecule has 0 aliphatic carbocycles. The molecule has 2 atom stereocenters. The molecular weight excluding hydrogens is 316 g/mol. The fourth-order valence-corrected chi connectivity index (χ4v) is 3.65. The highest BCUT2D eigenvalue weighted by Crippen LogP contribution is 2.37. The van der Waals surface area contributed by atoms with Crippen LogP contribution in [0.25, 0.3) is 0 Å². The Morgan fingerprint density at radius 1 is 1.35 bits per heavy atom. The molecule has 0 saturated carbocycles. The number of piperidine rings is 1. The summed E-state index contributed by atoms with van der Waals surface area (Å²) < 4.78 is 31.0. The first-order valence-electron chi connectivity index (χ1n) is 7.71. The van der Waals surface area contributed by atoms with Crippen LogP contribution in [0, 0.1) is 5.92 Å². The van der Waals surface area contributed by atoms with Gasteiger partial charge in [0.1, 0.15) is 11.5 Å². The van der Waals surface area contributed by atoms with Gasteiger partial charge in [0.2, 0.25) is 15.9 Å². The van der Waals surface area contributed by atoms with Gasteiger partial charge in [-0.3, -0.25) is 4.79 Å². The second kappa shape index (κ2) is 7.31. The number of hydrogen-bond acceptors (Lipinski definition) is 4. The molecule has 1 aliphatic rings. The lowest BCUT2D eigenvalue weighted by molar-refractivity contribution is -0.133. The van der Waals surface area contributed by atoms with Gasteiger partial charge in [-0.1, -0.05) is 25.1 Å². The highest BCUT2D eigenvalue weighted by atomic mass is 32.2. The van der Waals surface area contributed by atoms with E-state index < -0.39 is 15.8 Å². The number of likely N-dealkylation sites (tertiary alicyclic amines) is 1. The van der Waals surface area contributed by atoms with Crippen molar-refractivity contribution in [2.45, 2.75) is 25.8 Å². The van der Waals surface area contributed by atoms with Gasteiger partial charge in [-0.25, -0.2) is 13.1 Å². The minimum Gasteiger partial charge on any atom is -0.496 e. The van der Waals surface area contributed by atoms with Crippen molar-refractivity contribution < 1.29 is 17.9 Å². The third-order valence-corrected chi connectivity index (χ3v) is 5.51. The summed E-state index contributed by atoms with van der Waals surface area (Å²) in [7, 11) is -0.662. The Kier molecular flexibility index (Phi) is 5.64. The van der Waals surface area contributed by atoms with Crippen LogP contribution in [0.3, 0.4) is 0 Å². The van der Waals surface area contributed by atoms with Crippen LogP contribution in [0.15, 0.2) is 24.3 Å². The van der Waals surface area contributed by atoms with Crippen LogP contribution in [0.1, 0.15) is 31.4 Å². The number of nitrogens with one attached hydrogen (secondary N) is 1. The first-order valence-corrected chi connectivity index (χ1v) is 9.36. The number of ether oxygens (including phenoxy) is 1. The maximum atomic E-state index is 12.6. The van der Waals surface area contributed by atoms with E-state index >= 15 is 0 Å². The van der Waals surface area contributed by atoms with Crippen molar-refractivity contribution in [2.24, 2.45) is 5.92 Å². The molecule has 23 heavy (non-hydrogen) atoms. The molecule has 1 aromatic carbocycles. The van der Waals surface area contributed by atoms with E-state index in [9.17, 15) is 13.2 Å². The number of amides is 1. The molecule has 0 unspecified atom stereocenters. The predicted octanol–water partition coefficient (Wildman–Crippen LogP) is 1.54. The summed E-state index contributed by atoms with van der Waals surface area (Å²) in [5, 5.41) is 0. The number of carbonyl (C=O) groups is 1. The maximum absolute atomic E-state index is 12.6. The highest BCUT2D eigenvalue weighted by molar-refractivity contribution is 7.90. The van der Waals surface area contributed by atoms with Crippen LogP contribution in [-0.4, -0.2) is 45.7 Å². The molecule has 1 aromatic rings. The zero-order chi connectivity index (χ0) is 17.0. The van der Waals surface area contributed by atoms with Crippen molar-refractivity contribution in [3.63, 3.8) is 0 Å². The average molecular weight is 340 g/mol. The van der Waals surface area contributed by atoms with Gasteiger partial charge in [0.25, 0.3) is 0 Å². The predicted molar refractivity (Wildman–Crippen MR) is 88.7 cm³/mol. The van der Waals surface area contributed by atoms with Gasteiger partial charge in [0.05, 0.1) is 13.2 Å². The van der Waals surface area contributed by atoms with Crippen molar-refractivity contribution in [1.29, 1.82) is 0 Å². The molecular formula is C16H24N2O4S. The number of carbonyl (C=O) groups excluding carboxylic acids is 1. The monoisotopic (exact) mass is 340 g/mol. The fourth-order valence-electron chi connectivity index (χ4n) is 3.01. The zero-order valence-electron chi connectivity index (χ0n) is 13.8. The van der Waals surface area contributed by atoms with E-state index in [-0.39, 0.29) is 11.9 Å². The number of nitrogens with zero attached hydrogens (tertiary/aromatic N) is 1. The topological polar surface area (TPSA) is 75.7 Å². The van der Waals surface area contributed by atoms with Gasteiger partial charge in [0, 0.05) is 12.1 Å². The molecule has 1 N–H and O–H groups in total. The molecule has 1 aliphatic heterocycles. The van der Waals surface area contributed by atoms with E-state index in [4.69, 9.17) is 4.74 Å². The number of sulfonamides is 1. The number of rotatable bonds is 5. The molecule has 128 valence electrons. The summed E-state index contributed by atoms with van der Waals surface area (Å²) in [6.45, 7) is 2.63. The lowest BCUT2D eigenvalue weighted by atomic mass is 9.89. The van der Waals surface area contributed by atoms with E-state index in [1.165, 1.54) is 7.05 Å². The van der Waals surface area contributed by atoms with Crippen LogP contribution in [0.2, 0.25) is 0 Å². The molecule has 0 radical (unpaired) electrons. The van der Waals surface area contributed by atoms with E-state index in [1.54, 1.807) is 12.0 Å². The molecule has 6 nitrogen and oxygen atoms in total. The number of para-hydroxylation sites is 1. The Balaban J connectivity index is 2.31. The summed E-state index contributed by atoms with van der Waals surface area (Å²) in [6.07, 6.45) is 1.79. The summed E-state index contributed by atoms with van der Waals surface area (Å²) in [5.41, 5.74) is 0.928. The first kappa shape index (κ1) is 17.7. The van der Waals surface area contributed by atoms with Crippen molar-refractivity contribution >= 4 is 15.9 Å². The molecule has 1 heterocycles. The lowest BCUT2D eigenvalue weighted by Crippen LogP contribution is -2.45. The average Bonchev–Trinajstić information content (AvgIpc) is 2.54. The Morgan fingerprint density at radius 2 is 2.04 bits per heavy atom. The van der Waals surface area contributed by atoms with E-state index in [0.29, 0.717) is 12.5 Å². The van der Waals surface area contributed by atoms with Gasteiger partial charge < -0.3 is 9.64 Å². The molecule has 0 spiro atoms. The standard InChI is InChI=1S/C16H24N2O4S/c1-12-8-9-14(13-6-4-5-7-15(13)22-3)18(10-12)16(19)11-23(20,21)17-2/h4-7,12,14,17H,8-11H2,1-3H3/t12-,14-/m0/s1. The van der Waals surface area contributed by atoms with Gasteiger partial charge in [-0.2, -0.15) is 0 Å². The zero-order valence-corrected chi connectivity index (χ0v) is 14.6. The number of benzene rings is 1. The Labute approximate surface area is 137 Å². The maximum Gasteiger partial charge on any atom is 0.239 e.